The Labute approximate surface area is 200 Å². The lowest BCUT2D eigenvalue weighted by atomic mass is 9.98. The van der Waals surface area contributed by atoms with Crippen molar-refractivity contribution in [2.24, 2.45) is 0 Å². The average molecular weight is 479 g/mol. The molecule has 0 spiro atoms. The first kappa shape index (κ1) is 23.9. The molecular formula is C24H25N5O6. The molecule has 4 rings (SSSR count). The number of carboxylic acid groups (broad SMARTS) is 1. The summed E-state index contributed by atoms with van der Waals surface area (Å²) in [6.45, 7) is -0.465. The van der Waals surface area contributed by atoms with Gasteiger partial charge in [0.15, 0.2) is 5.69 Å². The van der Waals surface area contributed by atoms with Crippen molar-refractivity contribution >= 4 is 18.0 Å². The molecule has 1 aromatic heterocycles. The molecule has 1 aliphatic rings. The SMILES string of the molecule is O=C(O)CN(CCO)C(=O)c1cn(CCNC(=O)OCC2c3ccccc3-c3ccccc32)nn1. The van der Waals surface area contributed by atoms with E-state index in [4.69, 9.17) is 14.9 Å². The lowest BCUT2D eigenvalue weighted by molar-refractivity contribution is -0.137. The summed E-state index contributed by atoms with van der Waals surface area (Å²) in [5.41, 5.74) is 4.49. The monoisotopic (exact) mass is 479 g/mol. The van der Waals surface area contributed by atoms with Crippen molar-refractivity contribution in [3.8, 4) is 11.1 Å². The number of aliphatic hydroxyl groups excluding tert-OH is 1. The molecule has 1 heterocycles. The predicted molar refractivity (Wildman–Crippen MR) is 124 cm³/mol. The number of aromatic nitrogens is 3. The minimum Gasteiger partial charge on any atom is -0.480 e. The number of fused-ring (bicyclic) bond motifs is 3. The highest BCUT2D eigenvalue weighted by Crippen LogP contribution is 2.44. The Morgan fingerprint density at radius 2 is 1.71 bits per heavy atom. The molecule has 0 fully saturated rings. The summed E-state index contributed by atoms with van der Waals surface area (Å²) in [5.74, 6) is -1.90. The van der Waals surface area contributed by atoms with Crippen molar-refractivity contribution < 1.29 is 29.3 Å². The van der Waals surface area contributed by atoms with Crippen LogP contribution in [0.15, 0.2) is 54.7 Å². The highest BCUT2D eigenvalue weighted by molar-refractivity contribution is 5.93. The van der Waals surface area contributed by atoms with Gasteiger partial charge in [0.25, 0.3) is 5.91 Å². The van der Waals surface area contributed by atoms with E-state index in [0.717, 1.165) is 27.2 Å². The minimum absolute atomic E-state index is 0.0373. The molecule has 11 heteroatoms. The molecule has 3 aromatic rings. The molecule has 0 unspecified atom stereocenters. The second-order valence-corrected chi connectivity index (χ2v) is 7.96. The Bertz CT molecular complexity index is 1180. The van der Waals surface area contributed by atoms with Crippen molar-refractivity contribution in [2.45, 2.75) is 12.5 Å². The number of nitrogens with zero attached hydrogens (tertiary/aromatic N) is 4. The number of amides is 2. The first-order valence-corrected chi connectivity index (χ1v) is 11.1. The van der Waals surface area contributed by atoms with Gasteiger partial charge < -0.3 is 25.2 Å². The van der Waals surface area contributed by atoms with Crippen LogP contribution in [0.5, 0.6) is 0 Å². The van der Waals surface area contributed by atoms with Crippen molar-refractivity contribution in [2.75, 3.05) is 32.8 Å². The van der Waals surface area contributed by atoms with Gasteiger partial charge in [-0.3, -0.25) is 9.59 Å². The highest BCUT2D eigenvalue weighted by Gasteiger charge is 2.29. The Hall–Kier alpha value is -4.25. The summed E-state index contributed by atoms with van der Waals surface area (Å²) < 4.78 is 6.84. The Balaban J connectivity index is 1.27. The number of aliphatic carboxylic acids is 1. The number of hydrogen-bond acceptors (Lipinski definition) is 7. The van der Waals surface area contributed by atoms with Crippen LogP contribution in [-0.4, -0.2) is 80.9 Å². The van der Waals surface area contributed by atoms with Crippen LogP contribution in [0, 0.1) is 0 Å². The van der Waals surface area contributed by atoms with E-state index in [0.29, 0.717) is 0 Å². The van der Waals surface area contributed by atoms with Crippen LogP contribution in [0.3, 0.4) is 0 Å². The number of ether oxygens (including phenoxy) is 1. The van der Waals surface area contributed by atoms with Gasteiger partial charge in [0, 0.05) is 19.0 Å². The summed E-state index contributed by atoms with van der Waals surface area (Å²) >= 11 is 0. The van der Waals surface area contributed by atoms with E-state index in [2.05, 4.69) is 27.8 Å². The zero-order valence-corrected chi connectivity index (χ0v) is 18.8. The Morgan fingerprint density at radius 3 is 2.34 bits per heavy atom. The van der Waals surface area contributed by atoms with E-state index in [-0.39, 0.29) is 44.5 Å². The third kappa shape index (κ3) is 5.46. The number of alkyl carbamates (subject to hydrolysis) is 1. The molecule has 11 nitrogen and oxygen atoms in total. The maximum Gasteiger partial charge on any atom is 0.407 e. The highest BCUT2D eigenvalue weighted by atomic mass is 16.5. The summed E-state index contributed by atoms with van der Waals surface area (Å²) in [4.78, 5) is 36.6. The van der Waals surface area contributed by atoms with Crippen LogP contribution in [0.1, 0.15) is 27.5 Å². The number of rotatable bonds is 10. The second kappa shape index (κ2) is 10.8. The summed E-state index contributed by atoms with van der Waals surface area (Å²) in [6.07, 6.45) is 0.785. The van der Waals surface area contributed by atoms with Gasteiger partial charge in [-0.15, -0.1) is 5.10 Å². The van der Waals surface area contributed by atoms with Crippen molar-refractivity contribution in [3.63, 3.8) is 0 Å². The van der Waals surface area contributed by atoms with Crippen LogP contribution in [0.25, 0.3) is 11.1 Å². The van der Waals surface area contributed by atoms with Gasteiger partial charge in [-0.1, -0.05) is 53.7 Å². The molecule has 35 heavy (non-hydrogen) atoms. The predicted octanol–water partition coefficient (Wildman–Crippen LogP) is 1.34. The molecule has 0 atom stereocenters. The van der Waals surface area contributed by atoms with Crippen molar-refractivity contribution in [3.05, 3.63) is 71.5 Å². The van der Waals surface area contributed by atoms with Gasteiger partial charge in [0.2, 0.25) is 0 Å². The fourth-order valence-corrected chi connectivity index (χ4v) is 4.13. The number of nitrogens with one attached hydrogen (secondary N) is 1. The van der Waals surface area contributed by atoms with E-state index in [1.807, 2.05) is 36.4 Å². The molecule has 3 N–H and O–H groups in total. The number of hydrogen-bond donors (Lipinski definition) is 3. The van der Waals surface area contributed by atoms with Crippen molar-refractivity contribution in [1.29, 1.82) is 0 Å². The molecule has 182 valence electrons. The molecule has 2 amide bonds. The standard InChI is InChI=1S/C24H25N5O6/c30-12-11-28(14-22(31)32)23(33)21-13-29(27-26-21)10-9-25-24(34)35-15-20-18-7-3-1-5-16(18)17-6-2-4-8-19(17)20/h1-8,13,20,30H,9-12,14-15H2,(H,25,34)(H,31,32). The maximum atomic E-state index is 12.4. The molecular weight excluding hydrogens is 454 g/mol. The summed E-state index contributed by atoms with van der Waals surface area (Å²) in [7, 11) is 0. The molecule has 2 aromatic carbocycles. The zero-order valence-electron chi connectivity index (χ0n) is 18.8. The maximum absolute atomic E-state index is 12.4. The first-order chi connectivity index (χ1) is 17.0. The molecule has 0 saturated heterocycles. The second-order valence-electron chi connectivity index (χ2n) is 7.96. The zero-order chi connectivity index (χ0) is 24.8. The van der Waals surface area contributed by atoms with Crippen LogP contribution < -0.4 is 5.32 Å². The van der Waals surface area contributed by atoms with Gasteiger partial charge in [0.05, 0.1) is 19.3 Å². The number of carbonyl (C=O) groups is 3. The lowest BCUT2D eigenvalue weighted by Gasteiger charge is -2.17. The molecule has 0 bridgehead atoms. The van der Waals surface area contributed by atoms with Crippen LogP contribution in [0.2, 0.25) is 0 Å². The quantitative estimate of drug-likeness (QED) is 0.395. The molecule has 0 radical (unpaired) electrons. The number of carbonyl (C=O) groups excluding carboxylic acids is 2. The van der Waals surface area contributed by atoms with E-state index < -0.39 is 24.5 Å². The van der Waals surface area contributed by atoms with E-state index in [1.165, 1.54) is 10.9 Å². The summed E-state index contributed by atoms with van der Waals surface area (Å²) in [5, 5.41) is 28.2. The smallest absolute Gasteiger partial charge is 0.407 e. The van der Waals surface area contributed by atoms with Crippen LogP contribution in [0.4, 0.5) is 4.79 Å². The number of benzene rings is 2. The lowest BCUT2D eigenvalue weighted by Crippen LogP contribution is -2.37. The van der Waals surface area contributed by atoms with Gasteiger partial charge >= 0.3 is 12.1 Å². The van der Waals surface area contributed by atoms with E-state index >= 15 is 0 Å². The average Bonchev–Trinajstić information content (AvgIpc) is 3.45. The molecule has 1 aliphatic carbocycles. The molecule has 0 saturated carbocycles. The Kier molecular flexibility index (Phi) is 7.36. The van der Waals surface area contributed by atoms with Gasteiger partial charge in [0.1, 0.15) is 13.2 Å². The van der Waals surface area contributed by atoms with Gasteiger partial charge in [-0.05, 0) is 22.3 Å². The fourth-order valence-electron chi connectivity index (χ4n) is 4.13. The van der Waals surface area contributed by atoms with E-state index in [1.54, 1.807) is 0 Å². The van der Waals surface area contributed by atoms with Gasteiger partial charge in [-0.2, -0.15) is 0 Å². The van der Waals surface area contributed by atoms with E-state index in [9.17, 15) is 14.4 Å². The Morgan fingerprint density at radius 1 is 1.06 bits per heavy atom. The normalized spacial score (nSPS) is 12.0. The van der Waals surface area contributed by atoms with Gasteiger partial charge in [-0.25, -0.2) is 9.48 Å². The number of aliphatic hydroxyl groups is 1. The molecule has 0 aliphatic heterocycles. The van der Waals surface area contributed by atoms with Crippen LogP contribution in [-0.2, 0) is 16.1 Å². The third-order valence-corrected chi connectivity index (χ3v) is 5.69. The largest absolute Gasteiger partial charge is 0.480 e. The first-order valence-electron chi connectivity index (χ1n) is 11.1. The third-order valence-electron chi connectivity index (χ3n) is 5.69. The summed E-state index contributed by atoms with van der Waals surface area (Å²) in [6, 6.07) is 16.1. The topological polar surface area (TPSA) is 147 Å². The fraction of sp³-hybridized carbons (Fsp3) is 0.292. The van der Waals surface area contributed by atoms with Crippen molar-refractivity contribution in [1.82, 2.24) is 25.2 Å². The minimum atomic E-state index is -1.20. The van der Waals surface area contributed by atoms with Crippen LogP contribution >= 0.6 is 0 Å². The number of carboxylic acids is 1.